The van der Waals surface area contributed by atoms with Crippen LogP contribution in [-0.2, 0) is 11.1 Å². The van der Waals surface area contributed by atoms with Crippen LogP contribution >= 0.6 is 7.14 Å². The number of hydrogen-bond donors (Lipinski definition) is 3. The topological polar surface area (TPSA) is 71.2 Å². The highest BCUT2D eigenvalue weighted by molar-refractivity contribution is 7.70. The lowest BCUT2D eigenvalue weighted by Crippen LogP contribution is -2.45. The summed E-state index contributed by atoms with van der Waals surface area (Å²) in [6.45, 7) is 3.22. The lowest BCUT2D eigenvalue weighted by Gasteiger charge is -2.28. The standard InChI is InChI=1S/C28H29F4N4O2P/c1-39(2,37)26-9-8-24(27-19(26)11-14-38-27)34-12-4-5-18-15-20-22(35-23-10-13-33-16-21(23)29)6-3-7-25(20)36(18)17-28(30,31)32/h3,6-9,11,14-15,21,23,33-35H,10,12-13,16-17H2,1-2H3/t21-,23+/m0/s1. The Labute approximate surface area is 223 Å². The molecule has 2 aromatic heterocycles. The quantitative estimate of drug-likeness (QED) is 0.159. The van der Waals surface area contributed by atoms with Gasteiger partial charge in [-0.2, -0.15) is 13.2 Å². The van der Waals surface area contributed by atoms with Gasteiger partial charge in [-0.1, -0.05) is 12.0 Å². The number of halogens is 4. The molecule has 1 aliphatic heterocycles. The summed E-state index contributed by atoms with van der Waals surface area (Å²) in [5, 5.41) is 11.4. The molecule has 0 spiro atoms. The average Bonchev–Trinajstić information content (AvgIpc) is 3.48. The highest BCUT2D eigenvalue weighted by Gasteiger charge is 2.30. The van der Waals surface area contributed by atoms with E-state index in [9.17, 15) is 22.1 Å². The van der Waals surface area contributed by atoms with Crippen LogP contribution < -0.4 is 21.3 Å². The fourth-order valence-electron chi connectivity index (χ4n) is 4.98. The van der Waals surface area contributed by atoms with Gasteiger partial charge < -0.3 is 29.5 Å². The van der Waals surface area contributed by atoms with Crippen LogP contribution in [0.25, 0.3) is 21.9 Å². The van der Waals surface area contributed by atoms with Gasteiger partial charge in [0.25, 0.3) is 0 Å². The maximum Gasteiger partial charge on any atom is 0.406 e. The number of hydrogen-bond acceptors (Lipinski definition) is 5. The molecule has 2 aromatic carbocycles. The summed E-state index contributed by atoms with van der Waals surface area (Å²) in [7, 11) is -2.52. The second-order valence-electron chi connectivity index (χ2n) is 10.0. The minimum absolute atomic E-state index is 0.141. The van der Waals surface area contributed by atoms with E-state index in [1.165, 1.54) is 6.26 Å². The lowest BCUT2D eigenvalue weighted by molar-refractivity contribution is -0.140. The van der Waals surface area contributed by atoms with E-state index in [4.69, 9.17) is 4.42 Å². The van der Waals surface area contributed by atoms with Gasteiger partial charge in [0.1, 0.15) is 19.9 Å². The predicted molar refractivity (Wildman–Crippen MR) is 148 cm³/mol. The minimum Gasteiger partial charge on any atom is -0.462 e. The van der Waals surface area contributed by atoms with Gasteiger partial charge in [-0.3, -0.25) is 0 Å². The average molecular weight is 561 g/mol. The van der Waals surface area contributed by atoms with Crippen molar-refractivity contribution in [2.24, 2.45) is 0 Å². The Morgan fingerprint density at radius 1 is 1.15 bits per heavy atom. The van der Waals surface area contributed by atoms with Crippen molar-refractivity contribution >= 4 is 45.7 Å². The van der Waals surface area contributed by atoms with Crippen molar-refractivity contribution in [1.82, 2.24) is 9.88 Å². The first-order valence-corrected chi connectivity index (χ1v) is 15.2. The molecule has 0 aliphatic carbocycles. The van der Waals surface area contributed by atoms with Crippen molar-refractivity contribution in [2.45, 2.75) is 31.4 Å². The maximum atomic E-state index is 14.4. The summed E-state index contributed by atoms with van der Waals surface area (Å²) in [4.78, 5) is 0. The third-order valence-corrected chi connectivity index (χ3v) is 8.34. The van der Waals surface area contributed by atoms with Gasteiger partial charge in [0, 0.05) is 28.3 Å². The molecule has 1 fully saturated rings. The Morgan fingerprint density at radius 3 is 2.72 bits per heavy atom. The van der Waals surface area contributed by atoms with Gasteiger partial charge >= 0.3 is 6.18 Å². The molecule has 2 atom stereocenters. The normalized spacial score (nSPS) is 18.2. The van der Waals surface area contributed by atoms with Crippen molar-refractivity contribution in [3.63, 3.8) is 0 Å². The van der Waals surface area contributed by atoms with E-state index >= 15 is 0 Å². The van der Waals surface area contributed by atoms with E-state index in [2.05, 4.69) is 27.8 Å². The smallest absolute Gasteiger partial charge is 0.406 e. The third kappa shape index (κ3) is 5.95. The zero-order chi connectivity index (χ0) is 27.8. The van der Waals surface area contributed by atoms with Crippen LogP contribution in [0.15, 0.2) is 53.1 Å². The van der Waals surface area contributed by atoms with E-state index in [1.807, 2.05) is 0 Å². The van der Waals surface area contributed by atoms with E-state index in [0.717, 1.165) is 9.95 Å². The van der Waals surface area contributed by atoms with Gasteiger partial charge in [0.2, 0.25) is 0 Å². The summed E-state index contributed by atoms with van der Waals surface area (Å²) in [6.07, 6.45) is -3.46. The Bertz CT molecular complexity index is 1610. The number of aromatic nitrogens is 1. The zero-order valence-electron chi connectivity index (χ0n) is 21.5. The number of nitrogens with one attached hydrogen (secondary N) is 3. The fourth-order valence-corrected chi connectivity index (χ4v) is 6.17. The first-order chi connectivity index (χ1) is 18.5. The zero-order valence-corrected chi connectivity index (χ0v) is 22.4. The fraction of sp³-hybridized carbons (Fsp3) is 0.357. The lowest BCUT2D eigenvalue weighted by atomic mass is 10.0. The van der Waals surface area contributed by atoms with E-state index < -0.39 is 32.1 Å². The summed E-state index contributed by atoms with van der Waals surface area (Å²) in [5.74, 6) is 5.79. The molecule has 3 heterocycles. The second-order valence-corrected chi connectivity index (χ2v) is 13.2. The van der Waals surface area contributed by atoms with Gasteiger partial charge in [0.15, 0.2) is 5.58 Å². The van der Waals surface area contributed by atoms with Crippen LogP contribution in [0.2, 0.25) is 0 Å². The predicted octanol–water partition coefficient (Wildman–Crippen LogP) is 5.77. The van der Waals surface area contributed by atoms with E-state index in [-0.39, 0.29) is 18.8 Å². The summed E-state index contributed by atoms with van der Waals surface area (Å²) in [5.41, 5.74) is 2.34. The Morgan fingerprint density at radius 2 is 1.97 bits per heavy atom. The number of fused-ring (bicyclic) bond motifs is 2. The molecule has 39 heavy (non-hydrogen) atoms. The molecular formula is C28H29F4N4O2P. The molecule has 6 nitrogen and oxygen atoms in total. The highest BCUT2D eigenvalue weighted by atomic mass is 31.2. The highest BCUT2D eigenvalue weighted by Crippen LogP contribution is 2.39. The van der Waals surface area contributed by atoms with Gasteiger partial charge in [-0.05, 0) is 68.6 Å². The number of nitrogens with zero attached hydrogens (tertiary/aromatic N) is 1. The molecule has 0 bridgehead atoms. The van der Waals surface area contributed by atoms with Crippen LogP contribution in [-0.4, -0.2) is 55.9 Å². The molecule has 0 amide bonds. The summed E-state index contributed by atoms with van der Waals surface area (Å²) in [6, 6.07) is 11.5. The molecule has 0 radical (unpaired) electrons. The van der Waals surface area contributed by atoms with Gasteiger partial charge in [-0.25, -0.2) is 4.39 Å². The molecule has 206 valence electrons. The largest absolute Gasteiger partial charge is 0.462 e. The molecule has 4 aromatic rings. The molecular weight excluding hydrogens is 531 g/mol. The molecule has 5 rings (SSSR count). The minimum atomic E-state index is -4.45. The van der Waals surface area contributed by atoms with E-state index in [0.29, 0.717) is 46.1 Å². The summed E-state index contributed by atoms with van der Waals surface area (Å²) >= 11 is 0. The molecule has 1 aliphatic rings. The van der Waals surface area contributed by atoms with Crippen molar-refractivity contribution in [3.05, 3.63) is 54.4 Å². The molecule has 0 saturated carbocycles. The van der Waals surface area contributed by atoms with Gasteiger partial charge in [-0.15, -0.1) is 0 Å². The van der Waals surface area contributed by atoms with Crippen molar-refractivity contribution in [3.8, 4) is 11.8 Å². The number of rotatable bonds is 6. The van der Waals surface area contributed by atoms with Crippen molar-refractivity contribution in [1.29, 1.82) is 0 Å². The van der Waals surface area contributed by atoms with Crippen LogP contribution in [0.5, 0.6) is 0 Å². The number of benzene rings is 2. The van der Waals surface area contributed by atoms with Crippen LogP contribution in [0, 0.1) is 11.8 Å². The summed E-state index contributed by atoms with van der Waals surface area (Å²) < 4.78 is 74.3. The Kier molecular flexibility index (Phi) is 7.41. The first-order valence-electron chi connectivity index (χ1n) is 12.6. The van der Waals surface area contributed by atoms with Gasteiger partial charge in [0.05, 0.1) is 35.7 Å². The molecule has 3 N–H and O–H groups in total. The van der Waals surface area contributed by atoms with Crippen molar-refractivity contribution < 1.29 is 26.5 Å². The van der Waals surface area contributed by atoms with Crippen LogP contribution in [0.4, 0.5) is 28.9 Å². The third-order valence-electron chi connectivity index (χ3n) is 6.79. The van der Waals surface area contributed by atoms with E-state index in [1.54, 1.807) is 55.8 Å². The molecule has 11 heteroatoms. The second kappa shape index (κ2) is 10.6. The number of alkyl halides is 4. The maximum absolute atomic E-state index is 14.4. The molecule has 1 saturated heterocycles. The first kappa shape index (κ1) is 27.2. The number of anilines is 2. The Balaban J connectivity index is 1.43. The van der Waals surface area contributed by atoms with Crippen molar-refractivity contribution in [2.75, 3.05) is 43.6 Å². The number of furan rings is 1. The van der Waals surface area contributed by atoms with Crippen LogP contribution in [0.3, 0.4) is 0 Å². The Hall–Kier alpha value is -3.41. The SMILES string of the molecule is CP(C)(=O)c1ccc(NCC#Cc2cc3c(N[C@@H]4CCNC[C@@H]4F)cccc3n2CC(F)(F)F)c2occc12. The number of piperidine rings is 1. The monoisotopic (exact) mass is 560 g/mol. The van der Waals surface area contributed by atoms with Crippen LogP contribution in [0.1, 0.15) is 12.1 Å². The molecule has 0 unspecified atom stereocenters.